The van der Waals surface area contributed by atoms with Crippen molar-refractivity contribution in [3.05, 3.63) is 108 Å². The highest BCUT2D eigenvalue weighted by atomic mass is 31.2. The van der Waals surface area contributed by atoms with Gasteiger partial charge in [0.1, 0.15) is 5.75 Å². The van der Waals surface area contributed by atoms with Crippen LogP contribution in [0.1, 0.15) is 16.8 Å². The molecule has 0 radical (unpaired) electrons. The minimum absolute atomic E-state index is 0.105. The molecule has 0 aliphatic carbocycles. The number of hydrogen-bond donors (Lipinski definition) is 1. The summed E-state index contributed by atoms with van der Waals surface area (Å²) in [7, 11) is -1.90. The van der Waals surface area contributed by atoms with Crippen molar-refractivity contribution >= 4 is 23.4 Å². The van der Waals surface area contributed by atoms with Crippen LogP contribution in [0, 0.1) is 0 Å². The molecule has 0 spiro atoms. The first-order valence-corrected chi connectivity index (χ1v) is 10.8. The number of fused-ring (bicyclic) bond motifs is 1. The lowest BCUT2D eigenvalue weighted by Crippen LogP contribution is -2.14. The SMILES string of the molecule is COP(=O)(c1ccccc1)C(c1ccc2ccccc2c1)c1ccccc1O. The van der Waals surface area contributed by atoms with Crippen molar-refractivity contribution in [2.45, 2.75) is 5.66 Å². The molecule has 0 saturated heterocycles. The smallest absolute Gasteiger partial charge is 0.243 e. The molecule has 4 rings (SSSR count). The minimum atomic E-state index is -3.37. The first-order valence-electron chi connectivity index (χ1n) is 9.11. The Morgan fingerprint density at radius 3 is 2.14 bits per heavy atom. The van der Waals surface area contributed by atoms with Crippen LogP contribution in [0.3, 0.4) is 0 Å². The zero-order chi connectivity index (χ0) is 19.6. The summed E-state index contributed by atoms with van der Waals surface area (Å²) in [5.41, 5.74) is 0.812. The highest BCUT2D eigenvalue weighted by molar-refractivity contribution is 7.67. The van der Waals surface area contributed by atoms with E-state index in [0.29, 0.717) is 10.9 Å². The monoisotopic (exact) mass is 388 g/mol. The largest absolute Gasteiger partial charge is 0.508 e. The summed E-state index contributed by atoms with van der Waals surface area (Å²) in [5.74, 6) is 0.105. The van der Waals surface area contributed by atoms with Gasteiger partial charge in [0.2, 0.25) is 7.37 Å². The molecule has 3 nitrogen and oxygen atoms in total. The Hall–Kier alpha value is -2.87. The zero-order valence-corrected chi connectivity index (χ0v) is 16.4. The van der Waals surface area contributed by atoms with Crippen molar-refractivity contribution < 1.29 is 14.2 Å². The van der Waals surface area contributed by atoms with Crippen LogP contribution in [0.5, 0.6) is 5.75 Å². The molecule has 28 heavy (non-hydrogen) atoms. The number of hydrogen-bond acceptors (Lipinski definition) is 3. The third-order valence-corrected chi connectivity index (χ3v) is 7.86. The third-order valence-electron chi connectivity index (χ3n) is 5.05. The van der Waals surface area contributed by atoms with Gasteiger partial charge in [-0.05, 0) is 40.6 Å². The summed E-state index contributed by atoms with van der Waals surface area (Å²) in [5, 5.41) is 13.4. The van der Waals surface area contributed by atoms with Crippen molar-refractivity contribution in [1.29, 1.82) is 0 Å². The van der Waals surface area contributed by atoms with Gasteiger partial charge in [0.05, 0.1) is 5.66 Å². The van der Waals surface area contributed by atoms with Gasteiger partial charge in [-0.25, -0.2) is 0 Å². The van der Waals surface area contributed by atoms with E-state index in [1.165, 1.54) is 7.11 Å². The lowest BCUT2D eigenvalue weighted by molar-refractivity contribution is 0.395. The Bertz CT molecular complexity index is 1150. The average Bonchev–Trinajstić information content (AvgIpc) is 2.75. The Labute approximate surface area is 164 Å². The molecule has 2 unspecified atom stereocenters. The highest BCUT2D eigenvalue weighted by Crippen LogP contribution is 2.62. The van der Waals surface area contributed by atoms with Crippen molar-refractivity contribution in [3.8, 4) is 5.75 Å². The molecule has 4 aromatic rings. The second-order valence-electron chi connectivity index (χ2n) is 6.68. The summed E-state index contributed by atoms with van der Waals surface area (Å²) in [6, 6.07) is 30.3. The van der Waals surface area contributed by atoms with Gasteiger partial charge in [-0.3, -0.25) is 4.57 Å². The van der Waals surface area contributed by atoms with E-state index in [-0.39, 0.29) is 5.75 Å². The number of aromatic hydroxyl groups is 1. The van der Waals surface area contributed by atoms with E-state index >= 15 is 0 Å². The fourth-order valence-corrected chi connectivity index (χ4v) is 6.10. The van der Waals surface area contributed by atoms with Crippen molar-refractivity contribution in [2.75, 3.05) is 7.11 Å². The quantitative estimate of drug-likeness (QED) is 0.434. The van der Waals surface area contributed by atoms with Gasteiger partial charge >= 0.3 is 0 Å². The average molecular weight is 388 g/mol. The van der Waals surface area contributed by atoms with Crippen LogP contribution in [-0.4, -0.2) is 12.2 Å². The lowest BCUT2D eigenvalue weighted by Gasteiger charge is -2.28. The van der Waals surface area contributed by atoms with Gasteiger partial charge < -0.3 is 9.63 Å². The molecule has 2 atom stereocenters. The molecular weight excluding hydrogens is 367 g/mol. The minimum Gasteiger partial charge on any atom is -0.508 e. The number of benzene rings is 4. The second kappa shape index (κ2) is 7.63. The molecule has 140 valence electrons. The summed E-state index contributed by atoms with van der Waals surface area (Å²) in [6.07, 6.45) is 0. The second-order valence-corrected chi connectivity index (χ2v) is 9.28. The van der Waals surface area contributed by atoms with Gasteiger partial charge in [0.25, 0.3) is 0 Å². The molecule has 0 fully saturated rings. The molecule has 0 heterocycles. The lowest BCUT2D eigenvalue weighted by atomic mass is 10.00. The van der Waals surface area contributed by atoms with E-state index in [1.54, 1.807) is 12.1 Å². The molecule has 0 saturated carbocycles. The van der Waals surface area contributed by atoms with Gasteiger partial charge in [-0.15, -0.1) is 0 Å². The van der Waals surface area contributed by atoms with Gasteiger partial charge in [0.15, 0.2) is 0 Å². The van der Waals surface area contributed by atoms with E-state index in [4.69, 9.17) is 4.52 Å². The zero-order valence-electron chi connectivity index (χ0n) is 15.5. The van der Waals surface area contributed by atoms with Crippen LogP contribution in [0.15, 0.2) is 97.1 Å². The van der Waals surface area contributed by atoms with Gasteiger partial charge in [-0.2, -0.15) is 0 Å². The van der Waals surface area contributed by atoms with E-state index in [0.717, 1.165) is 16.3 Å². The maximum Gasteiger partial charge on any atom is 0.243 e. The van der Waals surface area contributed by atoms with Crippen LogP contribution < -0.4 is 5.30 Å². The van der Waals surface area contributed by atoms with Crippen LogP contribution in [0.25, 0.3) is 10.8 Å². The molecule has 0 aliphatic rings. The van der Waals surface area contributed by atoms with Crippen LogP contribution in [-0.2, 0) is 9.09 Å². The summed E-state index contributed by atoms with van der Waals surface area (Å²) in [6.45, 7) is 0. The molecule has 0 aromatic heterocycles. The van der Waals surface area contributed by atoms with E-state index in [9.17, 15) is 9.67 Å². The predicted octanol–water partition coefficient (Wildman–Crippen LogP) is 5.88. The summed E-state index contributed by atoms with van der Waals surface area (Å²) in [4.78, 5) is 0. The standard InChI is InChI=1S/C24H21O3P/c1-27-28(26,21-11-3-2-4-12-21)24(22-13-7-8-14-23(22)25)20-16-15-18-9-5-6-10-19(18)17-20/h2-17,24-25H,1H3. The number of para-hydroxylation sites is 1. The summed E-state index contributed by atoms with van der Waals surface area (Å²) >= 11 is 0. The maximum atomic E-state index is 14.2. The third kappa shape index (κ3) is 3.24. The summed E-state index contributed by atoms with van der Waals surface area (Å²) < 4.78 is 19.9. The number of phenolic OH excluding ortho intramolecular Hbond substituents is 1. The fourth-order valence-electron chi connectivity index (χ4n) is 3.65. The first kappa shape index (κ1) is 18.5. The van der Waals surface area contributed by atoms with Crippen LogP contribution >= 0.6 is 7.37 Å². The molecule has 0 bridgehead atoms. The Kier molecular flexibility index (Phi) is 5.04. The molecule has 1 N–H and O–H groups in total. The topological polar surface area (TPSA) is 46.5 Å². The van der Waals surface area contributed by atoms with Crippen LogP contribution in [0.4, 0.5) is 0 Å². The molecule has 4 heteroatoms. The van der Waals surface area contributed by atoms with Gasteiger partial charge in [0, 0.05) is 18.0 Å². The molecule has 0 amide bonds. The number of phenols is 1. The molecule has 0 aliphatic heterocycles. The highest BCUT2D eigenvalue weighted by Gasteiger charge is 2.39. The fraction of sp³-hybridized carbons (Fsp3) is 0.0833. The van der Waals surface area contributed by atoms with Crippen LogP contribution in [0.2, 0.25) is 0 Å². The van der Waals surface area contributed by atoms with E-state index in [1.807, 2.05) is 84.9 Å². The van der Waals surface area contributed by atoms with Gasteiger partial charge in [-0.1, -0.05) is 72.8 Å². The number of rotatable bonds is 5. The maximum absolute atomic E-state index is 14.2. The van der Waals surface area contributed by atoms with Crippen molar-refractivity contribution in [2.24, 2.45) is 0 Å². The van der Waals surface area contributed by atoms with E-state index < -0.39 is 13.0 Å². The Balaban J connectivity index is 1.99. The first-order chi connectivity index (χ1) is 13.6. The molecule has 4 aromatic carbocycles. The van der Waals surface area contributed by atoms with E-state index in [2.05, 4.69) is 0 Å². The molecular formula is C24H21O3P. The normalized spacial score (nSPS) is 14.5. The Morgan fingerprint density at radius 2 is 1.43 bits per heavy atom. The predicted molar refractivity (Wildman–Crippen MR) is 115 cm³/mol. The Morgan fingerprint density at radius 1 is 0.786 bits per heavy atom. The van der Waals surface area contributed by atoms with Crippen molar-refractivity contribution in [1.82, 2.24) is 0 Å². The van der Waals surface area contributed by atoms with Crippen molar-refractivity contribution in [3.63, 3.8) is 0 Å².